The maximum Gasteiger partial charge on any atom is 0.220 e. The first kappa shape index (κ1) is 24.0. The highest BCUT2D eigenvalue weighted by molar-refractivity contribution is 5.90. The van der Waals surface area contributed by atoms with Gasteiger partial charge in [0.1, 0.15) is 17.5 Å². The molecule has 1 unspecified atom stereocenters. The average molecular weight is 444 g/mol. The van der Waals surface area contributed by atoms with Gasteiger partial charge < -0.3 is 14.8 Å². The van der Waals surface area contributed by atoms with Crippen molar-refractivity contribution < 1.29 is 19.1 Å². The lowest BCUT2D eigenvalue weighted by Crippen LogP contribution is -2.44. The highest BCUT2D eigenvalue weighted by atomic mass is 16.5. The average Bonchev–Trinajstić information content (AvgIpc) is 2.84. The molecule has 1 N–H and O–H groups in total. The van der Waals surface area contributed by atoms with Crippen molar-refractivity contribution in [3.63, 3.8) is 0 Å². The summed E-state index contributed by atoms with van der Waals surface area (Å²) in [6.07, 6.45) is 2.71. The van der Waals surface area contributed by atoms with Gasteiger partial charge in [0, 0.05) is 12.8 Å². The molecule has 3 rings (SSSR count). The third-order valence-electron chi connectivity index (χ3n) is 4.98. The lowest BCUT2D eigenvalue weighted by atomic mass is 10.0. The summed E-state index contributed by atoms with van der Waals surface area (Å²) in [5.74, 6) is 1.15. The molecular formula is C28H29NO4. The molecule has 0 aromatic heterocycles. The first-order valence-corrected chi connectivity index (χ1v) is 11.0. The van der Waals surface area contributed by atoms with Crippen LogP contribution in [0.4, 0.5) is 0 Å². The van der Waals surface area contributed by atoms with Gasteiger partial charge in [-0.1, -0.05) is 66.7 Å². The molecule has 3 aromatic rings. The summed E-state index contributed by atoms with van der Waals surface area (Å²) in [5.41, 5.74) is 1.85. The highest BCUT2D eigenvalue weighted by Crippen LogP contribution is 2.21. The number of carbonyl (C=O) groups excluding carboxylic acids is 2. The Labute approximate surface area is 195 Å². The maximum atomic E-state index is 13.0. The summed E-state index contributed by atoms with van der Waals surface area (Å²) in [4.78, 5) is 25.2. The van der Waals surface area contributed by atoms with E-state index in [-0.39, 0.29) is 31.1 Å². The first-order chi connectivity index (χ1) is 16.1. The molecule has 5 nitrogen and oxygen atoms in total. The molecule has 0 aliphatic heterocycles. The number of allylic oxidation sites excluding steroid dienone is 1. The monoisotopic (exact) mass is 443 g/mol. The van der Waals surface area contributed by atoms with E-state index in [1.54, 1.807) is 6.08 Å². The smallest absolute Gasteiger partial charge is 0.220 e. The van der Waals surface area contributed by atoms with Gasteiger partial charge in [0.25, 0.3) is 0 Å². The normalized spacial score (nSPS) is 11.4. The quantitative estimate of drug-likeness (QED) is 0.366. The Balaban J connectivity index is 1.58. The highest BCUT2D eigenvalue weighted by Gasteiger charge is 2.21. The van der Waals surface area contributed by atoms with Crippen LogP contribution in [0.25, 0.3) is 0 Å². The second kappa shape index (κ2) is 13.0. The van der Waals surface area contributed by atoms with Gasteiger partial charge in [-0.3, -0.25) is 9.59 Å². The fourth-order valence-corrected chi connectivity index (χ4v) is 3.21. The van der Waals surface area contributed by atoms with Crippen LogP contribution in [0.3, 0.4) is 0 Å². The van der Waals surface area contributed by atoms with Crippen molar-refractivity contribution >= 4 is 11.7 Å². The zero-order chi connectivity index (χ0) is 23.3. The van der Waals surface area contributed by atoms with E-state index in [0.29, 0.717) is 18.8 Å². The van der Waals surface area contributed by atoms with Gasteiger partial charge >= 0.3 is 0 Å². The van der Waals surface area contributed by atoms with Gasteiger partial charge in [0.15, 0.2) is 5.78 Å². The van der Waals surface area contributed by atoms with E-state index in [2.05, 4.69) is 11.9 Å². The summed E-state index contributed by atoms with van der Waals surface area (Å²) >= 11 is 0. The molecule has 5 heteroatoms. The summed E-state index contributed by atoms with van der Waals surface area (Å²) < 4.78 is 11.6. The van der Waals surface area contributed by atoms with E-state index in [9.17, 15) is 9.59 Å². The van der Waals surface area contributed by atoms with Gasteiger partial charge in [-0.2, -0.15) is 0 Å². The lowest BCUT2D eigenvalue weighted by molar-refractivity contribution is -0.129. The van der Waals surface area contributed by atoms with E-state index in [0.717, 1.165) is 16.9 Å². The number of para-hydroxylation sites is 1. The van der Waals surface area contributed by atoms with Gasteiger partial charge in [-0.25, -0.2) is 0 Å². The van der Waals surface area contributed by atoms with Crippen LogP contribution in [0.1, 0.15) is 24.0 Å². The third kappa shape index (κ3) is 8.39. The molecule has 0 saturated carbocycles. The van der Waals surface area contributed by atoms with Crippen LogP contribution in [-0.2, 0) is 27.4 Å². The molecule has 170 valence electrons. The predicted molar refractivity (Wildman–Crippen MR) is 129 cm³/mol. The topological polar surface area (TPSA) is 64.6 Å². The van der Waals surface area contributed by atoms with Crippen molar-refractivity contribution in [2.45, 2.75) is 31.9 Å². The molecule has 33 heavy (non-hydrogen) atoms. The number of ether oxygens (including phenoxy) is 2. The second-order valence-electron chi connectivity index (χ2n) is 7.65. The van der Waals surface area contributed by atoms with Crippen LogP contribution in [0, 0.1) is 0 Å². The second-order valence-corrected chi connectivity index (χ2v) is 7.65. The zero-order valence-electron chi connectivity index (χ0n) is 18.6. The number of hydrogen-bond donors (Lipinski definition) is 1. The molecule has 1 amide bonds. The Morgan fingerprint density at radius 3 is 2.15 bits per heavy atom. The van der Waals surface area contributed by atoms with Crippen LogP contribution in [0.2, 0.25) is 0 Å². The Bertz CT molecular complexity index is 1020. The number of ketones is 1. The first-order valence-electron chi connectivity index (χ1n) is 11.0. The van der Waals surface area contributed by atoms with Gasteiger partial charge in [-0.05, 0) is 41.8 Å². The number of hydrogen-bond acceptors (Lipinski definition) is 4. The van der Waals surface area contributed by atoms with Gasteiger partial charge in [-0.15, -0.1) is 6.58 Å². The fraction of sp³-hybridized carbons (Fsp3) is 0.214. The number of nitrogens with one attached hydrogen (secondary N) is 1. The van der Waals surface area contributed by atoms with Crippen molar-refractivity contribution in [2.24, 2.45) is 0 Å². The van der Waals surface area contributed by atoms with E-state index in [1.807, 2.05) is 84.9 Å². The van der Waals surface area contributed by atoms with Crippen LogP contribution in [0.5, 0.6) is 11.5 Å². The van der Waals surface area contributed by atoms with Crippen LogP contribution < -0.4 is 10.1 Å². The fourth-order valence-electron chi connectivity index (χ4n) is 3.21. The predicted octanol–water partition coefficient (Wildman–Crippen LogP) is 5.26. The number of carbonyl (C=O) groups is 2. The number of amides is 1. The van der Waals surface area contributed by atoms with E-state index < -0.39 is 6.04 Å². The molecule has 1 atom stereocenters. The molecule has 0 heterocycles. The van der Waals surface area contributed by atoms with E-state index in [4.69, 9.17) is 9.47 Å². The Hall–Kier alpha value is -3.70. The maximum absolute atomic E-state index is 13.0. The minimum atomic E-state index is -0.716. The molecule has 0 radical (unpaired) electrons. The van der Waals surface area contributed by atoms with E-state index in [1.165, 1.54) is 0 Å². The lowest BCUT2D eigenvalue weighted by Gasteiger charge is -2.18. The zero-order valence-corrected chi connectivity index (χ0v) is 18.6. The van der Waals surface area contributed by atoms with Crippen molar-refractivity contribution in [3.05, 3.63) is 109 Å². The molecule has 0 bridgehead atoms. The number of Topliss-reactive ketones (excluding diaryl/α,β-unsaturated/α-hetero) is 1. The Morgan fingerprint density at radius 2 is 1.48 bits per heavy atom. The van der Waals surface area contributed by atoms with Gasteiger partial charge in [0.05, 0.1) is 13.2 Å². The standard InChI is InChI=1S/C28H29NO4/c1-2-3-14-28(31)29-26(21-32-20-23-10-6-4-7-11-23)27(30)19-22-15-17-25(18-16-22)33-24-12-8-5-9-13-24/h2,4-13,15-18,26H,1,3,14,19-21H2,(H,29,31). The molecule has 0 saturated heterocycles. The minimum absolute atomic E-state index is 0.105. The van der Waals surface area contributed by atoms with Gasteiger partial charge in [0.2, 0.25) is 5.91 Å². The van der Waals surface area contributed by atoms with Crippen LogP contribution >= 0.6 is 0 Å². The molecular weight excluding hydrogens is 414 g/mol. The number of rotatable bonds is 13. The van der Waals surface area contributed by atoms with Crippen molar-refractivity contribution in [3.8, 4) is 11.5 Å². The number of benzene rings is 3. The van der Waals surface area contributed by atoms with Crippen molar-refractivity contribution in [2.75, 3.05) is 6.61 Å². The Morgan fingerprint density at radius 1 is 0.848 bits per heavy atom. The van der Waals surface area contributed by atoms with Crippen molar-refractivity contribution in [1.82, 2.24) is 5.32 Å². The SMILES string of the molecule is C=CCCC(=O)NC(COCc1ccccc1)C(=O)Cc1ccc(Oc2ccccc2)cc1. The molecule has 0 aliphatic carbocycles. The summed E-state index contributed by atoms with van der Waals surface area (Å²) in [5, 5.41) is 2.82. The molecule has 0 aliphatic rings. The van der Waals surface area contributed by atoms with Crippen LogP contribution in [-0.4, -0.2) is 24.3 Å². The third-order valence-corrected chi connectivity index (χ3v) is 4.98. The summed E-state index contributed by atoms with van der Waals surface area (Å²) in [6.45, 7) is 4.12. The molecule has 3 aromatic carbocycles. The van der Waals surface area contributed by atoms with Crippen LogP contribution in [0.15, 0.2) is 97.6 Å². The Kier molecular flexibility index (Phi) is 9.43. The summed E-state index contributed by atoms with van der Waals surface area (Å²) in [7, 11) is 0. The largest absolute Gasteiger partial charge is 0.457 e. The van der Waals surface area contributed by atoms with E-state index >= 15 is 0 Å². The minimum Gasteiger partial charge on any atom is -0.457 e. The van der Waals surface area contributed by atoms with Crippen molar-refractivity contribution in [1.29, 1.82) is 0 Å². The summed E-state index contributed by atoms with van der Waals surface area (Å²) in [6, 6.07) is 25.9. The molecule has 0 fully saturated rings. The molecule has 0 spiro atoms.